The molecule has 4 nitrogen and oxygen atoms in total. The number of likely N-dealkylation sites (N-methyl/N-ethyl adjacent to an activating group) is 1. The third kappa shape index (κ3) is 3.47. The van der Waals surface area contributed by atoms with E-state index in [1.165, 1.54) is 11.8 Å². The molecule has 1 aromatic heterocycles. The predicted molar refractivity (Wildman–Crippen MR) is 71.1 cm³/mol. The van der Waals surface area contributed by atoms with E-state index in [9.17, 15) is 0 Å². The van der Waals surface area contributed by atoms with Crippen molar-refractivity contribution in [1.29, 1.82) is 0 Å². The average Bonchev–Trinajstić information content (AvgIpc) is 2.81. The van der Waals surface area contributed by atoms with Crippen LogP contribution in [0.1, 0.15) is 12.8 Å². The van der Waals surface area contributed by atoms with Crippen LogP contribution in [0, 0.1) is 0 Å². The van der Waals surface area contributed by atoms with Gasteiger partial charge in [0.1, 0.15) is 11.0 Å². The Morgan fingerprint density at radius 2 is 2.41 bits per heavy atom. The maximum atomic E-state index is 5.97. The molecule has 0 bridgehead atoms. The lowest BCUT2D eigenvalue weighted by Crippen LogP contribution is -2.29. The molecule has 1 atom stereocenters. The van der Waals surface area contributed by atoms with E-state index in [1.807, 2.05) is 13.3 Å². The van der Waals surface area contributed by atoms with E-state index in [4.69, 9.17) is 16.3 Å². The van der Waals surface area contributed by atoms with E-state index in [-0.39, 0.29) is 0 Å². The van der Waals surface area contributed by atoms with Crippen LogP contribution in [0.15, 0.2) is 11.2 Å². The molecular weight excluding hydrogens is 258 g/mol. The van der Waals surface area contributed by atoms with Gasteiger partial charge in [0.05, 0.1) is 6.10 Å². The molecule has 2 rings (SSSR count). The van der Waals surface area contributed by atoms with Gasteiger partial charge in [0.15, 0.2) is 5.16 Å². The zero-order chi connectivity index (χ0) is 12.3. The highest BCUT2D eigenvalue weighted by Gasteiger charge is 2.18. The Hall–Kier alpha value is -0.520. The fourth-order valence-electron chi connectivity index (χ4n) is 1.86. The van der Waals surface area contributed by atoms with Gasteiger partial charge < -0.3 is 9.64 Å². The van der Waals surface area contributed by atoms with Crippen molar-refractivity contribution in [2.45, 2.75) is 24.1 Å². The van der Waals surface area contributed by atoms with E-state index in [0.717, 1.165) is 31.8 Å². The molecule has 1 aliphatic rings. The highest BCUT2D eigenvalue weighted by atomic mass is 35.5. The molecule has 0 spiro atoms. The molecule has 1 saturated heterocycles. The minimum Gasteiger partial charge on any atom is -0.376 e. The SMILES string of the molecule is CSc1nc(Cl)cc(N(C)CC2CCCO2)n1. The van der Waals surface area contributed by atoms with Gasteiger partial charge in [-0.3, -0.25) is 0 Å². The first-order valence-corrected chi connectivity index (χ1v) is 7.20. The second-order valence-electron chi connectivity index (χ2n) is 4.05. The Bertz CT molecular complexity index is 385. The Morgan fingerprint density at radius 1 is 1.59 bits per heavy atom. The van der Waals surface area contributed by atoms with Crippen molar-refractivity contribution in [2.24, 2.45) is 0 Å². The van der Waals surface area contributed by atoms with Crippen LogP contribution in [-0.4, -0.2) is 42.5 Å². The van der Waals surface area contributed by atoms with Crippen LogP contribution < -0.4 is 4.90 Å². The third-order valence-electron chi connectivity index (χ3n) is 2.74. The summed E-state index contributed by atoms with van der Waals surface area (Å²) in [5.74, 6) is 0.852. The monoisotopic (exact) mass is 273 g/mol. The van der Waals surface area contributed by atoms with Gasteiger partial charge in [0.25, 0.3) is 0 Å². The zero-order valence-electron chi connectivity index (χ0n) is 10.0. The van der Waals surface area contributed by atoms with Crippen molar-refractivity contribution in [1.82, 2.24) is 9.97 Å². The van der Waals surface area contributed by atoms with Gasteiger partial charge in [0, 0.05) is 26.3 Å². The van der Waals surface area contributed by atoms with E-state index in [2.05, 4.69) is 14.9 Å². The van der Waals surface area contributed by atoms with E-state index >= 15 is 0 Å². The summed E-state index contributed by atoms with van der Waals surface area (Å²) in [5.41, 5.74) is 0. The standard InChI is InChI=1S/C11H16ClN3OS/c1-15(7-8-4-3-5-16-8)10-6-9(12)13-11(14-10)17-2/h6,8H,3-5,7H2,1-2H3. The Kier molecular flexibility index (Phi) is 4.48. The minimum atomic E-state index is 0.312. The first-order valence-electron chi connectivity index (χ1n) is 5.60. The predicted octanol–water partition coefficient (Wildman–Crippen LogP) is 2.47. The zero-order valence-corrected chi connectivity index (χ0v) is 11.6. The van der Waals surface area contributed by atoms with Gasteiger partial charge in [-0.25, -0.2) is 9.97 Å². The Labute approximate surface area is 111 Å². The number of hydrogen-bond acceptors (Lipinski definition) is 5. The fourth-order valence-corrected chi connectivity index (χ4v) is 2.46. The van der Waals surface area contributed by atoms with Gasteiger partial charge in [-0.05, 0) is 19.1 Å². The molecule has 6 heteroatoms. The number of nitrogens with zero attached hydrogens (tertiary/aromatic N) is 3. The topological polar surface area (TPSA) is 38.2 Å². The lowest BCUT2D eigenvalue weighted by atomic mass is 10.2. The highest BCUT2D eigenvalue weighted by molar-refractivity contribution is 7.98. The lowest BCUT2D eigenvalue weighted by molar-refractivity contribution is 0.116. The maximum Gasteiger partial charge on any atom is 0.190 e. The van der Waals surface area contributed by atoms with Crippen molar-refractivity contribution >= 4 is 29.2 Å². The number of halogens is 1. The highest BCUT2D eigenvalue weighted by Crippen LogP contribution is 2.21. The van der Waals surface area contributed by atoms with Gasteiger partial charge in [-0.1, -0.05) is 23.4 Å². The van der Waals surface area contributed by atoms with Crippen LogP contribution in [-0.2, 0) is 4.74 Å². The number of hydrogen-bond donors (Lipinski definition) is 0. The second kappa shape index (κ2) is 5.89. The van der Waals surface area contributed by atoms with E-state index < -0.39 is 0 Å². The van der Waals surface area contributed by atoms with Crippen LogP contribution in [0.25, 0.3) is 0 Å². The number of aromatic nitrogens is 2. The summed E-state index contributed by atoms with van der Waals surface area (Å²) in [4.78, 5) is 10.6. The maximum absolute atomic E-state index is 5.97. The number of thioether (sulfide) groups is 1. The van der Waals surface area contributed by atoms with Gasteiger partial charge >= 0.3 is 0 Å². The van der Waals surface area contributed by atoms with Crippen LogP contribution in [0.4, 0.5) is 5.82 Å². The molecule has 1 fully saturated rings. The summed E-state index contributed by atoms with van der Waals surface area (Å²) in [7, 11) is 2.00. The molecule has 17 heavy (non-hydrogen) atoms. The van der Waals surface area contributed by atoms with Crippen molar-refractivity contribution in [3.8, 4) is 0 Å². The third-order valence-corrected chi connectivity index (χ3v) is 3.48. The Balaban J connectivity index is 2.06. The molecule has 0 aromatic carbocycles. The van der Waals surface area contributed by atoms with Crippen LogP contribution in [0.5, 0.6) is 0 Å². The minimum absolute atomic E-state index is 0.312. The number of rotatable bonds is 4. The molecule has 1 unspecified atom stereocenters. The van der Waals surface area contributed by atoms with Gasteiger partial charge in [-0.2, -0.15) is 0 Å². The van der Waals surface area contributed by atoms with Crippen LogP contribution in [0.2, 0.25) is 5.15 Å². The number of ether oxygens (including phenoxy) is 1. The molecule has 2 heterocycles. The fraction of sp³-hybridized carbons (Fsp3) is 0.636. The normalized spacial score (nSPS) is 19.6. The molecule has 1 aliphatic heterocycles. The molecule has 1 aromatic rings. The summed E-state index contributed by atoms with van der Waals surface area (Å²) >= 11 is 7.46. The van der Waals surface area contributed by atoms with E-state index in [1.54, 1.807) is 6.07 Å². The molecular formula is C11H16ClN3OS. The summed E-state index contributed by atoms with van der Waals surface area (Å²) in [6.07, 6.45) is 4.53. The first-order chi connectivity index (χ1) is 8.19. The van der Waals surface area contributed by atoms with Crippen molar-refractivity contribution in [3.63, 3.8) is 0 Å². The summed E-state index contributed by atoms with van der Waals surface area (Å²) < 4.78 is 5.61. The second-order valence-corrected chi connectivity index (χ2v) is 5.21. The van der Waals surface area contributed by atoms with Crippen molar-refractivity contribution in [2.75, 3.05) is 31.4 Å². The average molecular weight is 274 g/mol. The van der Waals surface area contributed by atoms with Gasteiger partial charge in [-0.15, -0.1) is 0 Å². The smallest absolute Gasteiger partial charge is 0.190 e. The first kappa shape index (κ1) is 12.9. The molecule has 0 N–H and O–H groups in total. The van der Waals surface area contributed by atoms with Crippen molar-refractivity contribution < 1.29 is 4.74 Å². The summed E-state index contributed by atoms with van der Waals surface area (Å²) in [5, 5.41) is 1.19. The quantitative estimate of drug-likeness (QED) is 0.479. The molecule has 0 radical (unpaired) electrons. The Morgan fingerprint density at radius 3 is 3.06 bits per heavy atom. The molecule has 0 amide bonds. The van der Waals surface area contributed by atoms with E-state index in [0.29, 0.717) is 16.4 Å². The molecule has 0 saturated carbocycles. The lowest BCUT2D eigenvalue weighted by Gasteiger charge is -2.21. The number of anilines is 1. The summed E-state index contributed by atoms with van der Waals surface area (Å²) in [6.45, 7) is 1.72. The molecule has 94 valence electrons. The van der Waals surface area contributed by atoms with Crippen LogP contribution in [0.3, 0.4) is 0 Å². The van der Waals surface area contributed by atoms with Crippen molar-refractivity contribution in [3.05, 3.63) is 11.2 Å². The molecule has 0 aliphatic carbocycles. The largest absolute Gasteiger partial charge is 0.376 e. The summed E-state index contributed by atoms with van der Waals surface area (Å²) in [6, 6.07) is 1.79. The van der Waals surface area contributed by atoms with Gasteiger partial charge in [0.2, 0.25) is 0 Å². The van der Waals surface area contributed by atoms with Crippen LogP contribution >= 0.6 is 23.4 Å².